The molecule has 0 aliphatic carbocycles. The fourth-order valence-electron chi connectivity index (χ4n) is 2.55. The molecule has 27 heavy (non-hydrogen) atoms. The number of rotatable bonds is 5. The van der Waals surface area contributed by atoms with Gasteiger partial charge in [0.25, 0.3) is 0 Å². The fraction of sp³-hybridized carbons (Fsp3) is 0.158. The Labute approximate surface area is 180 Å². The number of aromatic nitrogens is 1. The van der Waals surface area contributed by atoms with Gasteiger partial charge in [0, 0.05) is 5.56 Å². The number of sulfonamides is 1. The first-order chi connectivity index (χ1) is 12.4. The largest absolute Gasteiger partial charge is 1.00 e. The Bertz CT molecular complexity index is 1030. The molecule has 134 valence electrons. The number of hydrogen-bond donors (Lipinski definition) is 0. The molecule has 6 nitrogen and oxygen atoms in total. The van der Waals surface area contributed by atoms with Crippen molar-refractivity contribution >= 4 is 15.9 Å². The van der Waals surface area contributed by atoms with Gasteiger partial charge in [0.15, 0.2) is 0 Å². The summed E-state index contributed by atoms with van der Waals surface area (Å²) in [6.45, 7) is 3.36. The summed E-state index contributed by atoms with van der Waals surface area (Å²) in [5, 5.41) is 4.13. The zero-order chi connectivity index (χ0) is 18.7. The predicted octanol–water partition coefficient (Wildman–Crippen LogP) is 1.32. The molecule has 8 heteroatoms. The number of nitrogens with zero attached hydrogens (tertiary/aromatic N) is 2. The topological polar surface area (TPSA) is 91.3 Å². The molecule has 0 bridgehead atoms. The summed E-state index contributed by atoms with van der Waals surface area (Å²) in [4.78, 5) is 11.3. The monoisotopic (exact) mass is 392 g/mol. The maximum Gasteiger partial charge on any atom is 1.00 e. The van der Waals surface area contributed by atoms with E-state index in [4.69, 9.17) is 4.52 Å². The molecule has 0 radical (unpaired) electrons. The van der Waals surface area contributed by atoms with Crippen molar-refractivity contribution in [2.45, 2.75) is 25.2 Å². The molecule has 3 aromatic rings. The number of carbonyl (C=O) groups is 1. The second-order valence-corrected chi connectivity index (χ2v) is 7.27. The fourth-order valence-corrected chi connectivity index (χ4v) is 3.53. The molecule has 0 atom stereocenters. The molecule has 1 aromatic heterocycles. The second-order valence-electron chi connectivity index (χ2n) is 5.67. The molecule has 0 aliphatic heterocycles. The van der Waals surface area contributed by atoms with Crippen LogP contribution in [0.1, 0.15) is 19.1 Å². The van der Waals surface area contributed by atoms with Crippen LogP contribution in [0.5, 0.6) is 0 Å². The van der Waals surface area contributed by atoms with Gasteiger partial charge < -0.3 is 14.0 Å². The number of carbonyl (C=O) groups excluding carboxylic acids is 1. The standard InChI is InChI=1S/C19H18N2O4S.Na/c1-3-17(22)21-26(23,24)16-11-9-14(10-12-16)18-13(2)25-20-19(18)15-7-5-4-6-8-15;/h4-12H,3H2,1-2H3,(H,21,22);/q;+1/p-1. The van der Waals surface area contributed by atoms with Crippen LogP contribution in [0.4, 0.5) is 0 Å². The average Bonchev–Trinajstić information content (AvgIpc) is 3.03. The minimum atomic E-state index is -3.99. The summed E-state index contributed by atoms with van der Waals surface area (Å²) >= 11 is 0. The van der Waals surface area contributed by atoms with Gasteiger partial charge in [0.2, 0.25) is 0 Å². The first-order valence-electron chi connectivity index (χ1n) is 8.05. The summed E-state index contributed by atoms with van der Waals surface area (Å²) in [5.74, 6) is -0.0411. The van der Waals surface area contributed by atoms with Crippen molar-refractivity contribution in [1.82, 2.24) is 5.16 Å². The van der Waals surface area contributed by atoms with E-state index in [0.717, 1.165) is 16.7 Å². The van der Waals surface area contributed by atoms with Crippen molar-refractivity contribution in [2.24, 2.45) is 0 Å². The van der Waals surface area contributed by atoms with Crippen molar-refractivity contribution in [1.29, 1.82) is 0 Å². The van der Waals surface area contributed by atoms with E-state index in [1.165, 1.54) is 12.1 Å². The van der Waals surface area contributed by atoms with Crippen LogP contribution in [-0.4, -0.2) is 19.5 Å². The van der Waals surface area contributed by atoms with Gasteiger partial charge in [-0.2, -0.15) is 0 Å². The molecule has 3 rings (SSSR count). The number of amides is 1. The molecule has 0 fully saturated rings. The normalized spacial score (nSPS) is 10.9. The van der Waals surface area contributed by atoms with E-state index in [2.05, 4.69) is 9.88 Å². The maximum atomic E-state index is 12.1. The summed E-state index contributed by atoms with van der Waals surface area (Å²) in [6.07, 6.45) is 0.0393. The van der Waals surface area contributed by atoms with Crippen LogP contribution in [0.15, 0.2) is 64.0 Å². The van der Waals surface area contributed by atoms with Crippen LogP contribution in [0, 0.1) is 6.92 Å². The van der Waals surface area contributed by atoms with Crippen molar-refractivity contribution in [3.63, 3.8) is 0 Å². The van der Waals surface area contributed by atoms with E-state index in [1.807, 2.05) is 30.3 Å². The van der Waals surface area contributed by atoms with Crippen LogP contribution >= 0.6 is 0 Å². The van der Waals surface area contributed by atoms with Gasteiger partial charge in [-0.1, -0.05) is 54.5 Å². The molecule has 0 aliphatic rings. The number of aryl methyl sites for hydroxylation is 1. The molecule has 0 unspecified atom stereocenters. The van der Waals surface area contributed by atoms with Crippen molar-refractivity contribution in [3.05, 3.63) is 65.1 Å². The van der Waals surface area contributed by atoms with Gasteiger partial charge in [-0.25, -0.2) is 8.42 Å². The Morgan fingerprint density at radius 1 is 1.04 bits per heavy atom. The van der Waals surface area contributed by atoms with E-state index in [-0.39, 0.29) is 40.9 Å². The van der Waals surface area contributed by atoms with Gasteiger partial charge in [0.05, 0.1) is 16.4 Å². The minimum Gasteiger partial charge on any atom is -0.542 e. The number of hydrogen-bond acceptors (Lipinski definition) is 5. The molecule has 0 spiro atoms. The molecular formula is C19H17N2NaO4S. The van der Waals surface area contributed by atoms with Crippen LogP contribution in [0.25, 0.3) is 27.1 Å². The Kier molecular flexibility index (Phi) is 7.00. The molecular weight excluding hydrogens is 375 g/mol. The van der Waals surface area contributed by atoms with Crippen LogP contribution < -0.4 is 29.6 Å². The first kappa shape index (κ1) is 21.4. The van der Waals surface area contributed by atoms with Gasteiger partial charge in [0.1, 0.15) is 21.5 Å². The second kappa shape index (κ2) is 8.84. The predicted molar refractivity (Wildman–Crippen MR) is 98.0 cm³/mol. The van der Waals surface area contributed by atoms with E-state index in [9.17, 15) is 13.2 Å². The third-order valence-corrected chi connectivity index (χ3v) is 5.19. The molecule has 0 N–H and O–H groups in total. The maximum absolute atomic E-state index is 12.1. The number of benzene rings is 2. The zero-order valence-electron chi connectivity index (χ0n) is 15.3. The Morgan fingerprint density at radius 3 is 2.26 bits per heavy atom. The van der Waals surface area contributed by atoms with E-state index >= 15 is 0 Å². The van der Waals surface area contributed by atoms with Crippen molar-refractivity contribution in [2.75, 3.05) is 0 Å². The van der Waals surface area contributed by atoms with E-state index in [1.54, 1.807) is 26.0 Å². The Hall–Kier alpha value is -1.93. The van der Waals surface area contributed by atoms with Gasteiger partial charge in [-0.05, 0) is 31.0 Å². The quantitative estimate of drug-likeness (QED) is 0.611. The summed E-state index contributed by atoms with van der Waals surface area (Å²) < 4.78 is 32.9. The minimum absolute atomic E-state index is 0. The van der Waals surface area contributed by atoms with Gasteiger partial charge in [-0.3, -0.25) is 0 Å². The summed E-state index contributed by atoms with van der Waals surface area (Å²) in [7, 11) is -3.99. The van der Waals surface area contributed by atoms with Crippen LogP contribution in [0.3, 0.4) is 0 Å². The third-order valence-electron chi connectivity index (χ3n) is 3.88. The average molecular weight is 392 g/mol. The Morgan fingerprint density at radius 2 is 1.67 bits per heavy atom. The van der Waals surface area contributed by atoms with Crippen molar-refractivity contribution in [3.8, 4) is 22.4 Å². The van der Waals surface area contributed by atoms with Gasteiger partial charge in [-0.15, -0.1) is 0 Å². The molecule has 2 aromatic carbocycles. The molecule has 1 amide bonds. The smallest absolute Gasteiger partial charge is 0.542 e. The van der Waals surface area contributed by atoms with Crippen LogP contribution in [0.2, 0.25) is 0 Å². The molecule has 0 saturated carbocycles. The van der Waals surface area contributed by atoms with E-state index in [0.29, 0.717) is 11.5 Å². The van der Waals surface area contributed by atoms with E-state index < -0.39 is 15.9 Å². The van der Waals surface area contributed by atoms with Gasteiger partial charge >= 0.3 is 29.6 Å². The molecule has 0 saturated heterocycles. The third kappa shape index (κ3) is 4.68. The summed E-state index contributed by atoms with van der Waals surface area (Å²) in [5.41, 5.74) is 3.15. The first-order valence-corrected chi connectivity index (χ1v) is 9.49. The van der Waals surface area contributed by atoms with Crippen LogP contribution in [-0.2, 0) is 14.8 Å². The van der Waals surface area contributed by atoms with Crippen molar-refractivity contribution < 1.29 is 47.3 Å². The Balaban J connectivity index is 0.00000261. The molecule has 1 heterocycles. The zero-order valence-corrected chi connectivity index (χ0v) is 18.2. The SMILES string of the molecule is CCC(=O)[N-]S(=O)(=O)c1ccc(-c2c(-c3ccccc3)noc2C)cc1.[Na+]. The summed E-state index contributed by atoms with van der Waals surface area (Å²) in [6, 6.07) is 15.8.